The second-order valence-corrected chi connectivity index (χ2v) is 6.25. The molecule has 0 fully saturated rings. The molecule has 0 saturated carbocycles. The Bertz CT molecular complexity index is 530. The zero-order valence-electron chi connectivity index (χ0n) is 11.5. The first-order valence-electron chi connectivity index (χ1n) is 7.19. The summed E-state index contributed by atoms with van der Waals surface area (Å²) in [6, 6.07) is 9.67. The third-order valence-corrected chi connectivity index (χ3v) is 4.80. The first-order chi connectivity index (χ1) is 9.33. The van der Waals surface area contributed by atoms with E-state index in [0.29, 0.717) is 6.04 Å². The van der Waals surface area contributed by atoms with Gasteiger partial charge in [-0.05, 0) is 71.7 Å². The lowest BCUT2D eigenvalue weighted by Crippen LogP contribution is -2.18. The predicted octanol–water partition coefficient (Wildman–Crippen LogP) is 4.48. The molecule has 1 aromatic heterocycles. The molecule has 0 amide bonds. The van der Waals surface area contributed by atoms with Crippen LogP contribution < -0.4 is 5.32 Å². The molecule has 1 atom stereocenters. The minimum absolute atomic E-state index is 0.423. The highest BCUT2D eigenvalue weighted by molar-refractivity contribution is 7.07. The molecule has 0 spiro atoms. The Morgan fingerprint density at radius 3 is 2.79 bits per heavy atom. The van der Waals surface area contributed by atoms with Gasteiger partial charge in [-0.3, -0.25) is 0 Å². The van der Waals surface area contributed by atoms with Gasteiger partial charge in [0.05, 0.1) is 0 Å². The summed E-state index contributed by atoms with van der Waals surface area (Å²) in [7, 11) is 0. The number of benzene rings is 1. The Morgan fingerprint density at radius 2 is 2.00 bits per heavy atom. The molecule has 0 radical (unpaired) electrons. The molecule has 0 aliphatic heterocycles. The SMILES string of the molecule is CC(NCc1ccsc1)c1ccc2c(c1)CCCC2. The van der Waals surface area contributed by atoms with Crippen molar-refractivity contribution in [1.29, 1.82) is 0 Å². The number of aryl methyl sites for hydroxylation is 2. The highest BCUT2D eigenvalue weighted by Crippen LogP contribution is 2.25. The van der Waals surface area contributed by atoms with Crippen molar-refractivity contribution < 1.29 is 0 Å². The molecule has 0 bridgehead atoms. The average molecular weight is 271 g/mol. The maximum atomic E-state index is 3.61. The zero-order chi connectivity index (χ0) is 13.1. The topological polar surface area (TPSA) is 12.0 Å². The molecular weight excluding hydrogens is 250 g/mol. The molecule has 1 nitrogen and oxygen atoms in total. The van der Waals surface area contributed by atoms with Gasteiger partial charge in [-0.1, -0.05) is 18.2 Å². The van der Waals surface area contributed by atoms with E-state index in [4.69, 9.17) is 0 Å². The predicted molar refractivity (Wildman–Crippen MR) is 82.7 cm³/mol. The highest BCUT2D eigenvalue weighted by atomic mass is 32.1. The van der Waals surface area contributed by atoms with Crippen LogP contribution in [0.3, 0.4) is 0 Å². The van der Waals surface area contributed by atoms with Gasteiger partial charge < -0.3 is 5.32 Å². The van der Waals surface area contributed by atoms with Crippen molar-refractivity contribution in [2.75, 3.05) is 0 Å². The smallest absolute Gasteiger partial charge is 0.0295 e. The fraction of sp³-hybridized carbons (Fsp3) is 0.412. The van der Waals surface area contributed by atoms with E-state index in [1.807, 2.05) is 0 Å². The number of hydrogen-bond donors (Lipinski definition) is 1. The highest BCUT2D eigenvalue weighted by Gasteiger charge is 2.12. The first kappa shape index (κ1) is 12.9. The lowest BCUT2D eigenvalue weighted by atomic mass is 9.89. The Hall–Kier alpha value is -1.12. The lowest BCUT2D eigenvalue weighted by molar-refractivity contribution is 0.573. The number of thiophene rings is 1. The van der Waals surface area contributed by atoms with Crippen molar-refractivity contribution in [3.05, 3.63) is 57.3 Å². The fourth-order valence-corrected chi connectivity index (χ4v) is 3.47. The van der Waals surface area contributed by atoms with Crippen LogP contribution in [0.2, 0.25) is 0 Å². The van der Waals surface area contributed by atoms with Crippen LogP contribution in [0.15, 0.2) is 35.0 Å². The van der Waals surface area contributed by atoms with E-state index in [9.17, 15) is 0 Å². The van der Waals surface area contributed by atoms with Gasteiger partial charge in [-0.2, -0.15) is 11.3 Å². The molecule has 1 aliphatic carbocycles. The van der Waals surface area contributed by atoms with Crippen molar-refractivity contribution in [3.8, 4) is 0 Å². The summed E-state index contributed by atoms with van der Waals surface area (Å²) < 4.78 is 0. The van der Waals surface area contributed by atoms with Crippen LogP contribution in [0.1, 0.15) is 48.1 Å². The molecule has 19 heavy (non-hydrogen) atoms. The monoisotopic (exact) mass is 271 g/mol. The largest absolute Gasteiger partial charge is 0.306 e. The molecule has 1 aliphatic rings. The van der Waals surface area contributed by atoms with Crippen molar-refractivity contribution >= 4 is 11.3 Å². The molecule has 0 saturated heterocycles. The summed E-state index contributed by atoms with van der Waals surface area (Å²) >= 11 is 1.77. The van der Waals surface area contributed by atoms with Crippen LogP contribution in [0, 0.1) is 0 Å². The Morgan fingerprint density at radius 1 is 1.16 bits per heavy atom. The Labute approximate surface area is 119 Å². The molecule has 2 heteroatoms. The van der Waals surface area contributed by atoms with Crippen molar-refractivity contribution in [3.63, 3.8) is 0 Å². The lowest BCUT2D eigenvalue weighted by Gasteiger charge is -2.20. The molecule has 1 heterocycles. The van der Waals surface area contributed by atoms with Crippen molar-refractivity contribution in [2.45, 2.75) is 45.2 Å². The summed E-state index contributed by atoms with van der Waals surface area (Å²) in [6.45, 7) is 3.22. The summed E-state index contributed by atoms with van der Waals surface area (Å²) in [5.74, 6) is 0. The maximum absolute atomic E-state index is 3.61. The molecule has 100 valence electrons. The van der Waals surface area contributed by atoms with Gasteiger partial charge in [-0.15, -0.1) is 0 Å². The van der Waals surface area contributed by atoms with Gasteiger partial charge in [0.1, 0.15) is 0 Å². The van der Waals surface area contributed by atoms with E-state index in [0.717, 1.165) is 6.54 Å². The normalized spacial score (nSPS) is 16.1. The van der Waals surface area contributed by atoms with E-state index in [1.165, 1.54) is 36.8 Å². The number of fused-ring (bicyclic) bond motifs is 1. The summed E-state index contributed by atoms with van der Waals surface area (Å²) in [5.41, 5.74) is 5.96. The third kappa shape index (κ3) is 3.07. The van der Waals surface area contributed by atoms with Crippen LogP contribution in [0.4, 0.5) is 0 Å². The van der Waals surface area contributed by atoms with Gasteiger partial charge in [0.15, 0.2) is 0 Å². The molecular formula is C17H21NS. The standard InChI is InChI=1S/C17H21NS/c1-13(18-11-14-8-9-19-12-14)16-7-6-15-4-2-3-5-17(15)10-16/h6-10,12-13,18H,2-5,11H2,1H3. The minimum Gasteiger partial charge on any atom is -0.306 e. The summed E-state index contributed by atoms with van der Waals surface area (Å²) in [6.07, 6.45) is 5.25. The van der Waals surface area contributed by atoms with Crippen LogP contribution in [-0.2, 0) is 19.4 Å². The van der Waals surface area contributed by atoms with Crippen molar-refractivity contribution in [2.24, 2.45) is 0 Å². The van der Waals surface area contributed by atoms with Gasteiger partial charge >= 0.3 is 0 Å². The quantitative estimate of drug-likeness (QED) is 0.864. The van der Waals surface area contributed by atoms with Gasteiger partial charge in [-0.25, -0.2) is 0 Å². The van der Waals surface area contributed by atoms with Gasteiger partial charge in [0.2, 0.25) is 0 Å². The van der Waals surface area contributed by atoms with Crippen LogP contribution in [-0.4, -0.2) is 0 Å². The van der Waals surface area contributed by atoms with E-state index in [1.54, 1.807) is 22.5 Å². The molecule has 1 aromatic carbocycles. The summed E-state index contributed by atoms with van der Waals surface area (Å²) in [4.78, 5) is 0. The Balaban J connectivity index is 1.67. The van der Waals surface area contributed by atoms with Crippen LogP contribution in [0.25, 0.3) is 0 Å². The molecule has 1 unspecified atom stereocenters. The average Bonchev–Trinajstić information content (AvgIpc) is 2.97. The van der Waals surface area contributed by atoms with Gasteiger partial charge in [0.25, 0.3) is 0 Å². The number of nitrogens with one attached hydrogen (secondary N) is 1. The number of rotatable bonds is 4. The second-order valence-electron chi connectivity index (χ2n) is 5.47. The Kier molecular flexibility index (Phi) is 4.00. The fourth-order valence-electron chi connectivity index (χ4n) is 2.80. The zero-order valence-corrected chi connectivity index (χ0v) is 12.3. The minimum atomic E-state index is 0.423. The van der Waals surface area contributed by atoms with Crippen LogP contribution in [0.5, 0.6) is 0 Å². The maximum Gasteiger partial charge on any atom is 0.0295 e. The van der Waals surface area contributed by atoms with Crippen LogP contribution >= 0.6 is 11.3 Å². The molecule has 1 N–H and O–H groups in total. The van der Waals surface area contributed by atoms with E-state index in [-0.39, 0.29) is 0 Å². The third-order valence-electron chi connectivity index (χ3n) is 4.07. The van der Waals surface area contributed by atoms with E-state index >= 15 is 0 Å². The van der Waals surface area contributed by atoms with Gasteiger partial charge in [0, 0.05) is 12.6 Å². The second kappa shape index (κ2) is 5.89. The first-order valence-corrected chi connectivity index (χ1v) is 8.13. The van der Waals surface area contributed by atoms with Crippen molar-refractivity contribution in [1.82, 2.24) is 5.32 Å². The molecule has 3 rings (SSSR count). The van der Waals surface area contributed by atoms with E-state index in [2.05, 4.69) is 47.3 Å². The molecule has 2 aromatic rings. The number of hydrogen-bond acceptors (Lipinski definition) is 2. The van der Waals surface area contributed by atoms with E-state index < -0.39 is 0 Å². The summed E-state index contributed by atoms with van der Waals surface area (Å²) in [5, 5.41) is 7.97.